The Morgan fingerprint density at radius 1 is 1.26 bits per heavy atom. The highest BCUT2D eigenvalue weighted by molar-refractivity contribution is 7.09. The van der Waals surface area contributed by atoms with E-state index in [9.17, 15) is 4.79 Å². The minimum Gasteiger partial charge on any atom is -0.494 e. The Morgan fingerprint density at radius 2 is 1.96 bits per heavy atom. The molecule has 0 fully saturated rings. The predicted octanol–water partition coefficient (Wildman–Crippen LogP) is 3.06. The van der Waals surface area contributed by atoms with Crippen LogP contribution in [0.4, 0.5) is 0 Å². The Hall–Kier alpha value is -2.34. The van der Waals surface area contributed by atoms with Crippen LogP contribution in [-0.2, 0) is 4.79 Å². The molecule has 0 aliphatic rings. The highest BCUT2D eigenvalue weighted by Crippen LogP contribution is 2.17. The summed E-state index contributed by atoms with van der Waals surface area (Å²) in [4.78, 5) is 15.9. The van der Waals surface area contributed by atoms with Crippen LogP contribution in [0.5, 0.6) is 11.5 Å². The highest BCUT2D eigenvalue weighted by atomic mass is 32.1. The summed E-state index contributed by atoms with van der Waals surface area (Å²) < 4.78 is 10.9. The number of rotatable bonds is 8. The van der Waals surface area contributed by atoms with Crippen molar-refractivity contribution in [2.75, 3.05) is 19.8 Å². The van der Waals surface area contributed by atoms with E-state index < -0.39 is 0 Å². The molecule has 122 valence electrons. The zero-order valence-electron chi connectivity index (χ0n) is 13.2. The molecule has 0 bridgehead atoms. The SMILES string of the molecule is CCOc1ccc(OCCNC(=O)/C=C/c2csc(C)n2)cc1. The van der Waals surface area contributed by atoms with Crippen molar-refractivity contribution in [2.45, 2.75) is 13.8 Å². The number of carbonyl (C=O) groups excluding carboxylic acids is 1. The monoisotopic (exact) mass is 332 g/mol. The first-order chi connectivity index (χ1) is 11.2. The molecule has 0 radical (unpaired) electrons. The van der Waals surface area contributed by atoms with Crippen molar-refractivity contribution in [3.63, 3.8) is 0 Å². The molecular weight excluding hydrogens is 312 g/mol. The summed E-state index contributed by atoms with van der Waals surface area (Å²) in [6, 6.07) is 7.40. The number of thiazole rings is 1. The molecule has 23 heavy (non-hydrogen) atoms. The summed E-state index contributed by atoms with van der Waals surface area (Å²) >= 11 is 1.56. The van der Waals surface area contributed by atoms with Gasteiger partial charge in [0.25, 0.3) is 0 Å². The van der Waals surface area contributed by atoms with Gasteiger partial charge in [-0.05, 0) is 44.2 Å². The van der Waals surface area contributed by atoms with Gasteiger partial charge in [-0.3, -0.25) is 4.79 Å². The Kier molecular flexibility index (Phi) is 6.62. The Bertz CT molecular complexity index is 650. The van der Waals surface area contributed by atoms with Crippen LogP contribution in [0.3, 0.4) is 0 Å². The highest BCUT2D eigenvalue weighted by Gasteiger charge is 1.99. The lowest BCUT2D eigenvalue weighted by Crippen LogP contribution is -2.26. The molecule has 0 aliphatic carbocycles. The third-order valence-corrected chi connectivity index (χ3v) is 3.64. The van der Waals surface area contributed by atoms with Gasteiger partial charge in [0.15, 0.2) is 0 Å². The van der Waals surface area contributed by atoms with Crippen LogP contribution in [-0.4, -0.2) is 30.6 Å². The van der Waals surface area contributed by atoms with Crippen molar-refractivity contribution < 1.29 is 14.3 Å². The van der Waals surface area contributed by atoms with Crippen molar-refractivity contribution >= 4 is 23.3 Å². The molecule has 0 saturated heterocycles. The second-order valence-corrected chi connectivity index (χ2v) is 5.73. The second-order valence-electron chi connectivity index (χ2n) is 4.67. The largest absolute Gasteiger partial charge is 0.494 e. The van der Waals surface area contributed by atoms with Gasteiger partial charge in [-0.25, -0.2) is 4.98 Å². The van der Waals surface area contributed by atoms with E-state index in [-0.39, 0.29) is 5.91 Å². The van der Waals surface area contributed by atoms with Crippen LogP contribution < -0.4 is 14.8 Å². The van der Waals surface area contributed by atoms with Gasteiger partial charge in [0, 0.05) is 11.5 Å². The molecule has 0 unspecified atom stereocenters. The number of nitrogens with one attached hydrogen (secondary N) is 1. The zero-order chi connectivity index (χ0) is 16.5. The lowest BCUT2D eigenvalue weighted by molar-refractivity contribution is -0.116. The molecule has 1 N–H and O–H groups in total. The maximum Gasteiger partial charge on any atom is 0.244 e. The number of amides is 1. The number of ether oxygens (including phenoxy) is 2. The molecule has 1 aromatic heterocycles. The molecule has 1 amide bonds. The van der Waals surface area contributed by atoms with Gasteiger partial charge >= 0.3 is 0 Å². The van der Waals surface area contributed by atoms with Crippen LogP contribution in [0.25, 0.3) is 6.08 Å². The molecule has 0 aliphatic heterocycles. The minimum atomic E-state index is -0.161. The van der Waals surface area contributed by atoms with Gasteiger partial charge in [-0.15, -0.1) is 11.3 Å². The average molecular weight is 332 g/mol. The molecule has 6 heteroatoms. The van der Waals surface area contributed by atoms with E-state index in [1.807, 2.05) is 43.5 Å². The number of aryl methyl sites for hydroxylation is 1. The van der Waals surface area contributed by atoms with E-state index in [0.717, 1.165) is 22.2 Å². The number of hydrogen-bond donors (Lipinski definition) is 1. The van der Waals surface area contributed by atoms with Crippen molar-refractivity contribution in [1.29, 1.82) is 0 Å². The van der Waals surface area contributed by atoms with Gasteiger partial charge < -0.3 is 14.8 Å². The molecule has 2 rings (SSSR count). The molecule has 5 nitrogen and oxygen atoms in total. The molecule has 0 saturated carbocycles. The van der Waals surface area contributed by atoms with E-state index in [2.05, 4.69) is 10.3 Å². The van der Waals surface area contributed by atoms with Crippen molar-refractivity contribution in [3.8, 4) is 11.5 Å². The number of benzene rings is 1. The first kappa shape index (κ1) is 17.0. The Labute approximate surface area is 140 Å². The first-order valence-corrected chi connectivity index (χ1v) is 8.29. The van der Waals surface area contributed by atoms with Crippen molar-refractivity contribution in [1.82, 2.24) is 10.3 Å². The second kappa shape index (κ2) is 8.95. The van der Waals surface area contributed by atoms with Crippen LogP contribution >= 0.6 is 11.3 Å². The molecule has 0 atom stereocenters. The molecule has 1 aromatic carbocycles. The molecule has 0 spiro atoms. The summed E-state index contributed by atoms with van der Waals surface area (Å²) in [5.41, 5.74) is 0.799. The zero-order valence-corrected chi connectivity index (χ0v) is 14.1. The fraction of sp³-hybridized carbons (Fsp3) is 0.294. The normalized spacial score (nSPS) is 10.7. The van der Waals surface area contributed by atoms with Crippen molar-refractivity contribution in [3.05, 3.63) is 46.4 Å². The number of carbonyl (C=O) groups is 1. The van der Waals surface area contributed by atoms with Gasteiger partial charge in [0.2, 0.25) is 5.91 Å². The van der Waals surface area contributed by atoms with Crippen LogP contribution in [0.15, 0.2) is 35.7 Å². The predicted molar refractivity (Wildman–Crippen MR) is 92.0 cm³/mol. The summed E-state index contributed by atoms with van der Waals surface area (Å²) in [5, 5.41) is 5.65. The Balaban J connectivity index is 1.66. The summed E-state index contributed by atoms with van der Waals surface area (Å²) in [6.45, 7) is 5.35. The summed E-state index contributed by atoms with van der Waals surface area (Å²) in [7, 11) is 0. The van der Waals surface area contributed by atoms with Gasteiger partial charge in [-0.1, -0.05) is 0 Å². The van der Waals surface area contributed by atoms with Gasteiger partial charge in [0.1, 0.15) is 18.1 Å². The molecule has 1 heterocycles. The van der Waals surface area contributed by atoms with Crippen LogP contribution in [0.2, 0.25) is 0 Å². The van der Waals surface area contributed by atoms with Gasteiger partial charge in [0.05, 0.1) is 23.9 Å². The lowest BCUT2D eigenvalue weighted by Gasteiger charge is -2.08. The first-order valence-electron chi connectivity index (χ1n) is 7.41. The van der Waals surface area contributed by atoms with Crippen molar-refractivity contribution in [2.24, 2.45) is 0 Å². The number of hydrogen-bond acceptors (Lipinski definition) is 5. The third kappa shape index (κ3) is 6.12. The molecule has 2 aromatic rings. The number of aromatic nitrogens is 1. The maximum atomic E-state index is 11.7. The average Bonchev–Trinajstić information content (AvgIpc) is 2.97. The van der Waals surface area contributed by atoms with E-state index in [1.54, 1.807) is 17.4 Å². The minimum absolute atomic E-state index is 0.161. The lowest BCUT2D eigenvalue weighted by atomic mass is 10.3. The van der Waals surface area contributed by atoms with E-state index in [0.29, 0.717) is 19.8 Å². The van der Waals surface area contributed by atoms with Crippen LogP contribution in [0, 0.1) is 6.92 Å². The standard InChI is InChI=1S/C17H20N2O3S/c1-3-21-15-5-7-16(8-6-15)22-11-10-18-17(20)9-4-14-12-23-13(2)19-14/h4-9,12H,3,10-11H2,1-2H3,(H,18,20)/b9-4+. The van der Waals surface area contributed by atoms with E-state index >= 15 is 0 Å². The van der Waals surface area contributed by atoms with Gasteiger partial charge in [-0.2, -0.15) is 0 Å². The van der Waals surface area contributed by atoms with E-state index in [4.69, 9.17) is 9.47 Å². The summed E-state index contributed by atoms with van der Waals surface area (Å²) in [6.07, 6.45) is 3.18. The quantitative estimate of drug-likeness (QED) is 0.596. The third-order valence-electron chi connectivity index (χ3n) is 2.85. The van der Waals surface area contributed by atoms with E-state index in [1.165, 1.54) is 6.08 Å². The Morgan fingerprint density at radius 3 is 2.57 bits per heavy atom. The fourth-order valence-corrected chi connectivity index (χ4v) is 2.40. The smallest absolute Gasteiger partial charge is 0.244 e. The number of nitrogens with zero attached hydrogens (tertiary/aromatic N) is 1. The maximum absolute atomic E-state index is 11.7. The summed E-state index contributed by atoms with van der Waals surface area (Å²) in [5.74, 6) is 1.40. The molecular formula is C17H20N2O3S. The van der Waals surface area contributed by atoms with Crippen LogP contribution in [0.1, 0.15) is 17.6 Å². The fourth-order valence-electron chi connectivity index (χ4n) is 1.82. The topological polar surface area (TPSA) is 60.5 Å².